The van der Waals surface area contributed by atoms with Crippen molar-refractivity contribution in [2.75, 3.05) is 12.4 Å². The molecule has 1 unspecified atom stereocenters. The molecule has 0 amide bonds. The van der Waals surface area contributed by atoms with Gasteiger partial charge in [-0.1, -0.05) is 27.6 Å². The number of anilines is 1. The molecule has 0 spiro atoms. The summed E-state index contributed by atoms with van der Waals surface area (Å²) >= 11 is 3.41. The monoisotopic (exact) mass is 389 g/mol. The number of fused-ring (bicyclic) bond motifs is 1. The van der Waals surface area contributed by atoms with Gasteiger partial charge in [0.25, 0.3) is 0 Å². The number of halogens is 1. The molecule has 0 aliphatic carbocycles. The van der Waals surface area contributed by atoms with Crippen LogP contribution in [0.25, 0.3) is 0 Å². The van der Waals surface area contributed by atoms with Crippen molar-refractivity contribution in [1.29, 1.82) is 0 Å². The summed E-state index contributed by atoms with van der Waals surface area (Å²) in [4.78, 5) is 11.7. The normalized spacial score (nSPS) is 17.6. The van der Waals surface area contributed by atoms with Gasteiger partial charge in [0.1, 0.15) is 11.5 Å². The van der Waals surface area contributed by atoms with Crippen LogP contribution in [0.5, 0.6) is 11.5 Å². The van der Waals surface area contributed by atoms with Crippen molar-refractivity contribution in [2.24, 2.45) is 0 Å². The first-order valence-electron chi connectivity index (χ1n) is 7.30. The highest BCUT2D eigenvalue weighted by Gasteiger charge is 2.29. The third kappa shape index (κ3) is 3.23. The Kier molecular flexibility index (Phi) is 4.49. The predicted octanol–water partition coefficient (Wildman–Crippen LogP) is 4.07. The highest BCUT2D eigenvalue weighted by molar-refractivity contribution is 9.10. The van der Waals surface area contributed by atoms with Crippen LogP contribution in [0.2, 0.25) is 0 Å². The summed E-state index contributed by atoms with van der Waals surface area (Å²) in [5.74, 6) is 0.228. The van der Waals surface area contributed by atoms with Crippen LogP contribution in [0.15, 0.2) is 52.6 Å². The molecule has 1 atom stereocenters. The van der Waals surface area contributed by atoms with Crippen molar-refractivity contribution < 1.29 is 19.4 Å². The third-order valence-electron chi connectivity index (χ3n) is 3.69. The van der Waals surface area contributed by atoms with Crippen molar-refractivity contribution in [2.45, 2.75) is 13.0 Å². The molecule has 0 aromatic heterocycles. The Labute approximate surface area is 148 Å². The lowest BCUT2D eigenvalue weighted by Gasteiger charge is -2.30. The van der Waals surface area contributed by atoms with E-state index >= 15 is 0 Å². The van der Waals surface area contributed by atoms with E-state index in [1.807, 2.05) is 37.3 Å². The van der Waals surface area contributed by atoms with Crippen LogP contribution in [0.3, 0.4) is 0 Å². The fourth-order valence-corrected chi connectivity index (χ4v) is 2.89. The molecule has 2 aromatic rings. The van der Waals surface area contributed by atoms with Crippen LogP contribution in [0.1, 0.15) is 17.2 Å². The van der Waals surface area contributed by atoms with Gasteiger partial charge in [0.15, 0.2) is 6.10 Å². The van der Waals surface area contributed by atoms with E-state index in [1.54, 1.807) is 6.07 Å². The highest BCUT2D eigenvalue weighted by Crippen LogP contribution is 2.42. The molecule has 0 fully saturated rings. The number of benzene rings is 2. The van der Waals surface area contributed by atoms with Crippen molar-refractivity contribution >= 4 is 27.6 Å². The third-order valence-corrected chi connectivity index (χ3v) is 4.18. The number of phenols is 1. The molecule has 0 bridgehead atoms. The number of hydrogen-bond acceptors (Lipinski definition) is 5. The van der Waals surface area contributed by atoms with Gasteiger partial charge in [0, 0.05) is 16.1 Å². The standard InChI is InChI=1S/C18H16BrNO4/c1-10-3-5-15(21)12(7-10)18-14(9-17(22)23-2)20-13-8-11(19)4-6-16(13)24-18/h3-9,18,20-21H,1-2H3/b14-9-. The lowest BCUT2D eigenvalue weighted by atomic mass is 10.0. The van der Waals surface area contributed by atoms with Crippen molar-refractivity contribution in [3.05, 3.63) is 63.8 Å². The molecule has 0 radical (unpaired) electrons. The number of nitrogens with one attached hydrogen (secondary N) is 1. The van der Waals surface area contributed by atoms with Gasteiger partial charge < -0.3 is 19.9 Å². The zero-order valence-electron chi connectivity index (χ0n) is 13.2. The summed E-state index contributed by atoms with van der Waals surface area (Å²) in [7, 11) is 1.31. The van der Waals surface area contributed by atoms with Crippen LogP contribution in [0, 0.1) is 6.92 Å². The Balaban J connectivity index is 2.10. The van der Waals surface area contributed by atoms with E-state index in [4.69, 9.17) is 9.47 Å². The van der Waals surface area contributed by atoms with E-state index in [0.717, 1.165) is 15.7 Å². The van der Waals surface area contributed by atoms with Crippen LogP contribution < -0.4 is 10.1 Å². The summed E-state index contributed by atoms with van der Waals surface area (Å²) in [6.45, 7) is 1.92. The molecule has 1 aliphatic heterocycles. The number of phenolic OH excluding ortho intramolecular Hbond substituents is 1. The maximum absolute atomic E-state index is 11.7. The average Bonchev–Trinajstić information content (AvgIpc) is 2.56. The van der Waals surface area contributed by atoms with Crippen LogP contribution in [-0.2, 0) is 9.53 Å². The Bertz CT molecular complexity index is 832. The number of esters is 1. The van der Waals surface area contributed by atoms with Crippen LogP contribution in [-0.4, -0.2) is 18.2 Å². The molecule has 124 valence electrons. The fraction of sp³-hybridized carbons (Fsp3) is 0.167. The summed E-state index contributed by atoms with van der Waals surface area (Å²) < 4.78 is 11.6. The molecular weight excluding hydrogens is 374 g/mol. The van der Waals surface area contributed by atoms with Crippen molar-refractivity contribution in [1.82, 2.24) is 0 Å². The largest absolute Gasteiger partial charge is 0.508 e. The second-order valence-corrected chi connectivity index (χ2v) is 6.36. The Morgan fingerprint density at radius 2 is 2.12 bits per heavy atom. The van der Waals surface area contributed by atoms with Crippen LogP contribution >= 0.6 is 15.9 Å². The van der Waals surface area contributed by atoms with E-state index in [1.165, 1.54) is 13.2 Å². The molecule has 1 heterocycles. The minimum absolute atomic E-state index is 0.101. The van der Waals surface area contributed by atoms with E-state index < -0.39 is 12.1 Å². The maximum Gasteiger partial charge on any atom is 0.332 e. The van der Waals surface area contributed by atoms with Gasteiger partial charge >= 0.3 is 5.97 Å². The number of aromatic hydroxyl groups is 1. The number of carbonyl (C=O) groups is 1. The Morgan fingerprint density at radius 1 is 1.33 bits per heavy atom. The summed E-state index contributed by atoms with van der Waals surface area (Å²) in [6, 6.07) is 10.8. The number of hydrogen-bond donors (Lipinski definition) is 2. The van der Waals surface area contributed by atoms with Crippen molar-refractivity contribution in [3.63, 3.8) is 0 Å². The second kappa shape index (κ2) is 6.57. The smallest absolute Gasteiger partial charge is 0.332 e. The quantitative estimate of drug-likeness (QED) is 0.598. The highest BCUT2D eigenvalue weighted by atomic mass is 79.9. The van der Waals surface area contributed by atoms with Gasteiger partial charge in [-0.2, -0.15) is 0 Å². The number of aryl methyl sites for hydroxylation is 1. The first-order valence-corrected chi connectivity index (χ1v) is 8.09. The van der Waals surface area contributed by atoms with Crippen LogP contribution in [0.4, 0.5) is 5.69 Å². The molecule has 5 nitrogen and oxygen atoms in total. The lowest BCUT2D eigenvalue weighted by molar-refractivity contribution is -0.134. The molecule has 0 saturated heterocycles. The molecule has 2 aromatic carbocycles. The fourth-order valence-electron chi connectivity index (χ4n) is 2.53. The average molecular weight is 390 g/mol. The number of rotatable bonds is 2. The van der Waals surface area contributed by atoms with E-state index in [0.29, 0.717) is 17.0 Å². The van der Waals surface area contributed by atoms with E-state index in [9.17, 15) is 9.90 Å². The molecule has 3 rings (SSSR count). The Hall–Kier alpha value is -2.47. The lowest BCUT2D eigenvalue weighted by Crippen LogP contribution is -2.23. The zero-order valence-corrected chi connectivity index (χ0v) is 14.8. The SMILES string of the molecule is COC(=O)/C=C1\Nc2cc(Br)ccc2OC1c1cc(C)ccc1O. The first-order chi connectivity index (χ1) is 11.5. The van der Waals surface area contributed by atoms with Gasteiger partial charge in [0.2, 0.25) is 0 Å². The zero-order chi connectivity index (χ0) is 17.3. The van der Waals surface area contributed by atoms with Gasteiger partial charge in [-0.15, -0.1) is 0 Å². The molecule has 6 heteroatoms. The minimum atomic E-state index is -0.641. The van der Waals surface area contributed by atoms with E-state index in [2.05, 4.69) is 21.2 Å². The van der Waals surface area contributed by atoms with Gasteiger partial charge in [-0.3, -0.25) is 0 Å². The number of carbonyl (C=O) groups excluding carboxylic acids is 1. The maximum atomic E-state index is 11.7. The summed E-state index contributed by atoms with van der Waals surface area (Å²) in [5, 5.41) is 13.4. The van der Waals surface area contributed by atoms with Crippen molar-refractivity contribution in [3.8, 4) is 11.5 Å². The number of methoxy groups -OCH3 is 1. The molecule has 2 N–H and O–H groups in total. The Morgan fingerprint density at radius 3 is 2.88 bits per heavy atom. The summed E-state index contributed by atoms with van der Waals surface area (Å²) in [5.41, 5.74) is 2.77. The topological polar surface area (TPSA) is 67.8 Å². The predicted molar refractivity (Wildman–Crippen MR) is 94.1 cm³/mol. The van der Waals surface area contributed by atoms with Gasteiger partial charge in [-0.05, 0) is 37.3 Å². The minimum Gasteiger partial charge on any atom is -0.508 e. The van der Waals surface area contributed by atoms with E-state index in [-0.39, 0.29) is 5.75 Å². The molecule has 0 saturated carbocycles. The molecule has 24 heavy (non-hydrogen) atoms. The summed E-state index contributed by atoms with van der Waals surface area (Å²) in [6.07, 6.45) is 0.689. The first kappa shape index (κ1) is 16.4. The molecular formula is C18H16BrNO4. The second-order valence-electron chi connectivity index (χ2n) is 5.45. The molecule has 1 aliphatic rings. The van der Waals surface area contributed by atoms with Gasteiger partial charge in [-0.25, -0.2) is 4.79 Å². The van der Waals surface area contributed by atoms with Gasteiger partial charge in [0.05, 0.1) is 18.5 Å². The number of ether oxygens (including phenoxy) is 2.